The average molecular weight is 556 g/mol. The molecule has 210 valence electrons. The van der Waals surface area contributed by atoms with E-state index in [9.17, 15) is 44.3 Å². The number of amides is 1. The summed E-state index contributed by atoms with van der Waals surface area (Å²) in [4.78, 5) is 13.9. The van der Waals surface area contributed by atoms with Crippen LogP contribution in [-0.4, -0.2) is 24.8 Å². The Bertz CT molecular complexity index is 1140. The maximum absolute atomic E-state index is 13.6. The van der Waals surface area contributed by atoms with Crippen LogP contribution in [0.5, 0.6) is 0 Å². The first-order valence-corrected chi connectivity index (χ1v) is 11.5. The molecule has 1 aliphatic heterocycles. The number of carbonyl (C=O) groups excluding carboxylic acids is 1. The first kappa shape index (κ1) is 29.6. The summed E-state index contributed by atoms with van der Waals surface area (Å²) < 4.78 is 127. The SMILES string of the molecule is CC(C)OC(=O)N1c2ccc(C(F)(F)F)cc2C(C(CN)c2cc(C(F)(F)F)cc(C(F)(F)F)c2)CC1C. The zero-order chi connectivity index (χ0) is 28.8. The Morgan fingerprint density at radius 3 is 1.89 bits per heavy atom. The van der Waals surface area contributed by atoms with Crippen LogP contribution in [-0.2, 0) is 23.3 Å². The van der Waals surface area contributed by atoms with Gasteiger partial charge < -0.3 is 10.5 Å². The molecule has 3 atom stereocenters. The summed E-state index contributed by atoms with van der Waals surface area (Å²) >= 11 is 0. The molecule has 0 aliphatic carbocycles. The molecule has 3 rings (SSSR count). The van der Waals surface area contributed by atoms with Gasteiger partial charge in [0, 0.05) is 12.0 Å². The van der Waals surface area contributed by atoms with E-state index in [-0.39, 0.29) is 23.7 Å². The molecule has 38 heavy (non-hydrogen) atoms. The number of nitrogens with zero attached hydrogens (tertiary/aromatic N) is 1. The molecule has 0 radical (unpaired) electrons. The molecule has 1 heterocycles. The highest BCUT2D eigenvalue weighted by molar-refractivity contribution is 5.90. The predicted molar refractivity (Wildman–Crippen MR) is 121 cm³/mol. The number of ether oxygens (including phenoxy) is 1. The molecule has 2 aromatic rings. The topological polar surface area (TPSA) is 55.6 Å². The van der Waals surface area contributed by atoms with Gasteiger partial charge in [-0.2, -0.15) is 39.5 Å². The van der Waals surface area contributed by atoms with Gasteiger partial charge in [0.25, 0.3) is 0 Å². The minimum atomic E-state index is -5.12. The molecule has 0 saturated heterocycles. The van der Waals surface area contributed by atoms with E-state index in [1.54, 1.807) is 20.8 Å². The van der Waals surface area contributed by atoms with Gasteiger partial charge in [0.1, 0.15) is 0 Å². The van der Waals surface area contributed by atoms with Crippen LogP contribution in [0.4, 0.5) is 50.0 Å². The van der Waals surface area contributed by atoms with Gasteiger partial charge in [-0.05, 0) is 87.2 Å². The highest BCUT2D eigenvalue weighted by Gasteiger charge is 2.43. The van der Waals surface area contributed by atoms with Crippen LogP contribution in [0.1, 0.15) is 66.8 Å². The fraction of sp³-hybridized carbons (Fsp3) is 0.480. The zero-order valence-corrected chi connectivity index (χ0v) is 20.4. The summed E-state index contributed by atoms with van der Waals surface area (Å²) in [6.45, 7) is 4.22. The van der Waals surface area contributed by atoms with E-state index in [1.165, 1.54) is 0 Å². The number of anilines is 1. The highest BCUT2D eigenvalue weighted by Crippen LogP contribution is 2.49. The number of rotatable bonds is 4. The van der Waals surface area contributed by atoms with Crippen molar-refractivity contribution in [1.82, 2.24) is 0 Å². The number of benzene rings is 2. The lowest BCUT2D eigenvalue weighted by Gasteiger charge is -2.42. The summed E-state index contributed by atoms with van der Waals surface area (Å²) in [6.07, 6.45) is -16.5. The van der Waals surface area contributed by atoms with Gasteiger partial charge in [0.15, 0.2) is 0 Å². The summed E-state index contributed by atoms with van der Waals surface area (Å²) in [7, 11) is 0. The molecular weight excluding hydrogens is 531 g/mol. The number of carbonyl (C=O) groups is 1. The second-order valence-electron chi connectivity index (χ2n) is 9.45. The molecule has 13 heteroatoms. The molecule has 0 aromatic heterocycles. The maximum Gasteiger partial charge on any atom is 0.416 e. The lowest BCUT2D eigenvalue weighted by molar-refractivity contribution is -0.143. The third kappa shape index (κ3) is 6.19. The number of nitrogens with two attached hydrogens (primary N) is 1. The van der Waals surface area contributed by atoms with Crippen molar-refractivity contribution in [2.75, 3.05) is 11.4 Å². The Hall–Kier alpha value is -2.96. The van der Waals surface area contributed by atoms with Crippen LogP contribution in [0.3, 0.4) is 0 Å². The summed E-state index contributed by atoms with van der Waals surface area (Å²) in [6, 6.07) is 2.85. The average Bonchev–Trinajstić information content (AvgIpc) is 2.76. The van der Waals surface area contributed by atoms with Crippen LogP contribution in [0.2, 0.25) is 0 Å². The first-order valence-electron chi connectivity index (χ1n) is 11.5. The molecule has 0 bridgehead atoms. The van der Waals surface area contributed by atoms with Crippen molar-refractivity contribution in [2.45, 2.75) is 69.7 Å². The number of alkyl halides is 9. The van der Waals surface area contributed by atoms with Crippen molar-refractivity contribution in [1.29, 1.82) is 0 Å². The van der Waals surface area contributed by atoms with E-state index in [4.69, 9.17) is 10.5 Å². The van der Waals surface area contributed by atoms with Crippen LogP contribution in [0.15, 0.2) is 36.4 Å². The number of hydrogen-bond donors (Lipinski definition) is 1. The summed E-state index contributed by atoms with van der Waals surface area (Å²) in [5.41, 5.74) is 1.14. The van der Waals surface area contributed by atoms with Gasteiger partial charge in [-0.3, -0.25) is 4.90 Å². The van der Waals surface area contributed by atoms with Gasteiger partial charge in [0.05, 0.1) is 28.5 Å². The first-order chi connectivity index (χ1) is 17.3. The molecule has 2 aromatic carbocycles. The normalized spacial score (nSPS) is 19.4. The fourth-order valence-electron chi connectivity index (χ4n) is 4.73. The number of hydrogen-bond acceptors (Lipinski definition) is 3. The predicted octanol–water partition coefficient (Wildman–Crippen LogP) is 7.71. The molecule has 1 aliphatic rings. The van der Waals surface area contributed by atoms with Crippen molar-refractivity contribution in [3.63, 3.8) is 0 Å². The van der Waals surface area contributed by atoms with Crippen molar-refractivity contribution < 1.29 is 49.0 Å². The van der Waals surface area contributed by atoms with Crippen molar-refractivity contribution >= 4 is 11.8 Å². The van der Waals surface area contributed by atoms with E-state index in [1.807, 2.05) is 0 Å². The van der Waals surface area contributed by atoms with Gasteiger partial charge in [-0.1, -0.05) is 0 Å². The molecule has 1 amide bonds. The van der Waals surface area contributed by atoms with E-state index in [2.05, 4.69) is 0 Å². The van der Waals surface area contributed by atoms with Crippen LogP contribution >= 0.6 is 0 Å². The van der Waals surface area contributed by atoms with Gasteiger partial charge in [-0.25, -0.2) is 4.79 Å². The maximum atomic E-state index is 13.6. The Kier molecular flexibility index (Phi) is 8.03. The Balaban J connectivity index is 2.24. The third-order valence-electron chi connectivity index (χ3n) is 6.36. The van der Waals surface area contributed by atoms with Crippen LogP contribution < -0.4 is 10.6 Å². The molecule has 2 N–H and O–H groups in total. The van der Waals surface area contributed by atoms with Gasteiger partial charge >= 0.3 is 24.6 Å². The highest BCUT2D eigenvalue weighted by atomic mass is 19.4. The molecule has 0 spiro atoms. The largest absolute Gasteiger partial charge is 0.446 e. The van der Waals surface area contributed by atoms with Crippen molar-refractivity contribution in [3.05, 3.63) is 64.2 Å². The molecule has 0 saturated carbocycles. The fourth-order valence-corrected chi connectivity index (χ4v) is 4.73. The lowest BCUT2D eigenvalue weighted by Crippen LogP contribution is -2.45. The Labute approximate surface area is 212 Å². The summed E-state index contributed by atoms with van der Waals surface area (Å²) in [5.74, 6) is -2.27. The van der Waals surface area contributed by atoms with E-state index in [0.29, 0.717) is 12.1 Å². The quantitative estimate of drug-likeness (QED) is 0.393. The van der Waals surface area contributed by atoms with Crippen LogP contribution in [0.25, 0.3) is 0 Å². The second kappa shape index (κ2) is 10.3. The lowest BCUT2D eigenvalue weighted by atomic mass is 9.74. The monoisotopic (exact) mass is 556 g/mol. The number of halogens is 9. The third-order valence-corrected chi connectivity index (χ3v) is 6.36. The molecule has 4 nitrogen and oxygen atoms in total. The summed E-state index contributed by atoms with van der Waals surface area (Å²) in [5, 5.41) is 0. The Morgan fingerprint density at radius 1 is 0.921 bits per heavy atom. The van der Waals surface area contributed by atoms with Crippen molar-refractivity contribution in [2.24, 2.45) is 5.73 Å². The smallest absolute Gasteiger partial charge is 0.416 e. The van der Waals surface area contributed by atoms with Gasteiger partial charge in [-0.15, -0.1) is 0 Å². The van der Waals surface area contributed by atoms with Crippen LogP contribution in [0, 0.1) is 0 Å². The number of fused-ring (bicyclic) bond motifs is 1. The second-order valence-corrected chi connectivity index (χ2v) is 9.45. The van der Waals surface area contributed by atoms with E-state index < -0.39 is 77.4 Å². The molecule has 0 fully saturated rings. The van der Waals surface area contributed by atoms with Gasteiger partial charge in [0.2, 0.25) is 0 Å². The molecular formula is C25H25F9N2O2. The Morgan fingerprint density at radius 2 is 1.45 bits per heavy atom. The van der Waals surface area contributed by atoms with E-state index in [0.717, 1.165) is 23.1 Å². The van der Waals surface area contributed by atoms with E-state index >= 15 is 0 Å². The molecule has 3 unspecified atom stereocenters. The minimum absolute atomic E-state index is 0.00821. The minimum Gasteiger partial charge on any atom is -0.446 e. The van der Waals surface area contributed by atoms with Crippen molar-refractivity contribution in [3.8, 4) is 0 Å². The standard InChI is InChI=1S/C25H25F9N2O2/c1-12(2)38-22(37)36-13(3)6-18(19-10-15(23(26,27)28)4-5-21(19)36)20(11-35)14-7-16(24(29,30)31)9-17(8-14)25(32,33)34/h4-5,7-10,12-13,18,20H,6,11,35H2,1-3H3. The zero-order valence-electron chi connectivity index (χ0n) is 20.4.